The van der Waals surface area contributed by atoms with Gasteiger partial charge in [-0.25, -0.2) is 0 Å². The van der Waals surface area contributed by atoms with E-state index in [0.717, 1.165) is 19.3 Å². The van der Waals surface area contributed by atoms with Gasteiger partial charge in [0.15, 0.2) is 0 Å². The molecule has 0 saturated carbocycles. The van der Waals surface area contributed by atoms with Crippen LogP contribution in [0.25, 0.3) is 0 Å². The maximum Gasteiger partial charge on any atom is 0.0647 e. The normalized spacial score (nSPS) is 41.1. The molecule has 3 saturated heterocycles. The summed E-state index contributed by atoms with van der Waals surface area (Å²) >= 11 is 0. The maximum absolute atomic E-state index is 5.72. The lowest BCUT2D eigenvalue weighted by Crippen LogP contribution is -2.62. The number of ether oxygens (including phenoxy) is 1. The molecular formula is C14H26N2O. The smallest absolute Gasteiger partial charge is 0.0647 e. The largest absolute Gasteiger partial charge is 0.380 e. The Morgan fingerprint density at radius 1 is 1.12 bits per heavy atom. The fourth-order valence-electron chi connectivity index (χ4n) is 3.81. The zero-order valence-electron chi connectivity index (χ0n) is 11.2. The van der Waals surface area contributed by atoms with Gasteiger partial charge in [0.1, 0.15) is 0 Å². The average molecular weight is 238 g/mol. The molecule has 3 nitrogen and oxygen atoms in total. The number of fused-ring (bicyclic) bond motifs is 1. The van der Waals surface area contributed by atoms with Gasteiger partial charge in [0.25, 0.3) is 0 Å². The first-order chi connectivity index (χ1) is 8.28. The fraction of sp³-hybridized carbons (Fsp3) is 1.00. The highest BCUT2D eigenvalue weighted by molar-refractivity contribution is 4.95. The molecule has 0 aromatic heterocycles. The van der Waals surface area contributed by atoms with Gasteiger partial charge >= 0.3 is 0 Å². The molecule has 3 rings (SSSR count). The van der Waals surface area contributed by atoms with Crippen LogP contribution in [0, 0.1) is 0 Å². The minimum absolute atomic E-state index is 0.321. The van der Waals surface area contributed by atoms with Crippen molar-refractivity contribution in [3.05, 3.63) is 0 Å². The standard InChI is InChI=1S/C14H26N2O/c1-14(6-4-10-17-12-14)16-9-8-15-7-3-2-5-13(15)11-16/h13H,2-12H2,1H3. The van der Waals surface area contributed by atoms with E-state index in [2.05, 4.69) is 16.7 Å². The summed E-state index contributed by atoms with van der Waals surface area (Å²) in [4.78, 5) is 5.44. The van der Waals surface area contributed by atoms with Crippen LogP contribution < -0.4 is 0 Å². The first-order valence-electron chi connectivity index (χ1n) is 7.35. The Labute approximate surface area is 105 Å². The third kappa shape index (κ3) is 2.38. The van der Waals surface area contributed by atoms with Crippen molar-refractivity contribution in [1.82, 2.24) is 9.80 Å². The van der Waals surface area contributed by atoms with Gasteiger partial charge in [-0.1, -0.05) is 6.42 Å². The summed E-state index contributed by atoms with van der Waals surface area (Å²) in [7, 11) is 0. The van der Waals surface area contributed by atoms with Crippen molar-refractivity contribution in [1.29, 1.82) is 0 Å². The lowest BCUT2D eigenvalue weighted by molar-refractivity contribution is -0.0736. The van der Waals surface area contributed by atoms with Gasteiger partial charge in [0.05, 0.1) is 6.61 Å². The van der Waals surface area contributed by atoms with Crippen LogP contribution in [-0.4, -0.2) is 60.8 Å². The van der Waals surface area contributed by atoms with E-state index in [1.807, 2.05) is 0 Å². The molecule has 0 bridgehead atoms. The zero-order chi connectivity index (χ0) is 11.7. The number of piperidine rings is 1. The maximum atomic E-state index is 5.72. The highest BCUT2D eigenvalue weighted by atomic mass is 16.5. The van der Waals surface area contributed by atoms with Crippen molar-refractivity contribution < 1.29 is 4.74 Å². The summed E-state index contributed by atoms with van der Waals surface area (Å²) in [5, 5.41) is 0. The van der Waals surface area contributed by atoms with Crippen molar-refractivity contribution >= 4 is 0 Å². The molecule has 0 spiro atoms. The molecule has 3 fully saturated rings. The van der Waals surface area contributed by atoms with E-state index < -0.39 is 0 Å². The predicted octanol–water partition coefficient (Wildman–Crippen LogP) is 1.73. The Bertz CT molecular complexity index is 263. The molecular weight excluding hydrogens is 212 g/mol. The Balaban J connectivity index is 1.64. The highest BCUT2D eigenvalue weighted by Gasteiger charge is 2.39. The molecule has 0 aromatic carbocycles. The van der Waals surface area contributed by atoms with Crippen LogP contribution in [0.4, 0.5) is 0 Å². The third-order valence-corrected chi connectivity index (χ3v) is 5.02. The van der Waals surface area contributed by atoms with Crippen molar-refractivity contribution in [3.8, 4) is 0 Å². The van der Waals surface area contributed by atoms with Crippen LogP contribution in [-0.2, 0) is 4.74 Å². The Morgan fingerprint density at radius 2 is 2.06 bits per heavy atom. The molecule has 3 heteroatoms. The Kier molecular flexibility index (Phi) is 3.42. The van der Waals surface area contributed by atoms with Gasteiger partial charge in [-0.05, 0) is 39.2 Å². The monoisotopic (exact) mass is 238 g/mol. The van der Waals surface area contributed by atoms with Crippen molar-refractivity contribution in [2.75, 3.05) is 39.4 Å². The molecule has 0 aliphatic carbocycles. The van der Waals surface area contributed by atoms with Gasteiger partial charge in [-0.3, -0.25) is 9.80 Å². The van der Waals surface area contributed by atoms with Gasteiger partial charge in [0.2, 0.25) is 0 Å². The van der Waals surface area contributed by atoms with Crippen LogP contribution in [0.5, 0.6) is 0 Å². The zero-order valence-corrected chi connectivity index (χ0v) is 11.2. The molecule has 98 valence electrons. The van der Waals surface area contributed by atoms with Gasteiger partial charge in [0, 0.05) is 37.8 Å². The Morgan fingerprint density at radius 3 is 2.88 bits per heavy atom. The summed E-state index contributed by atoms with van der Waals surface area (Å²) in [6.45, 7) is 9.46. The fourth-order valence-corrected chi connectivity index (χ4v) is 3.81. The lowest BCUT2D eigenvalue weighted by atomic mass is 9.89. The number of nitrogens with zero attached hydrogens (tertiary/aromatic N) is 2. The summed E-state index contributed by atoms with van der Waals surface area (Å²) in [6.07, 6.45) is 6.81. The van der Waals surface area contributed by atoms with Crippen molar-refractivity contribution in [2.45, 2.75) is 50.6 Å². The SMILES string of the molecule is CC1(N2CCN3CCCCC3C2)CCCOC1. The molecule has 0 amide bonds. The van der Waals surface area contributed by atoms with E-state index in [4.69, 9.17) is 4.74 Å². The number of piperazine rings is 1. The first-order valence-corrected chi connectivity index (χ1v) is 7.35. The van der Waals surface area contributed by atoms with E-state index in [0.29, 0.717) is 5.54 Å². The van der Waals surface area contributed by atoms with Gasteiger partial charge in [-0.15, -0.1) is 0 Å². The summed E-state index contributed by atoms with van der Waals surface area (Å²) in [5.74, 6) is 0. The number of hydrogen-bond acceptors (Lipinski definition) is 3. The summed E-state index contributed by atoms with van der Waals surface area (Å²) in [5.41, 5.74) is 0.321. The average Bonchev–Trinajstić information content (AvgIpc) is 2.39. The topological polar surface area (TPSA) is 15.7 Å². The van der Waals surface area contributed by atoms with E-state index in [9.17, 15) is 0 Å². The summed E-state index contributed by atoms with van der Waals surface area (Å²) in [6, 6.07) is 0.830. The second-order valence-electron chi connectivity index (χ2n) is 6.28. The lowest BCUT2D eigenvalue weighted by Gasteiger charge is -2.51. The van der Waals surface area contributed by atoms with Crippen LogP contribution in [0.1, 0.15) is 39.0 Å². The van der Waals surface area contributed by atoms with Gasteiger partial charge < -0.3 is 4.74 Å². The molecule has 0 N–H and O–H groups in total. The van der Waals surface area contributed by atoms with Gasteiger partial charge in [-0.2, -0.15) is 0 Å². The highest BCUT2D eigenvalue weighted by Crippen LogP contribution is 2.30. The molecule has 3 heterocycles. The van der Waals surface area contributed by atoms with Crippen LogP contribution in [0.15, 0.2) is 0 Å². The van der Waals surface area contributed by atoms with Crippen LogP contribution in [0.2, 0.25) is 0 Å². The minimum Gasteiger partial charge on any atom is -0.380 e. The second-order valence-corrected chi connectivity index (χ2v) is 6.28. The molecule has 2 atom stereocenters. The van der Waals surface area contributed by atoms with E-state index in [1.54, 1.807) is 0 Å². The molecule has 17 heavy (non-hydrogen) atoms. The van der Waals surface area contributed by atoms with Crippen LogP contribution in [0.3, 0.4) is 0 Å². The minimum atomic E-state index is 0.321. The van der Waals surface area contributed by atoms with Crippen LogP contribution >= 0.6 is 0 Å². The number of rotatable bonds is 1. The second kappa shape index (κ2) is 4.87. The first kappa shape index (κ1) is 11.9. The summed E-state index contributed by atoms with van der Waals surface area (Å²) < 4.78 is 5.72. The molecule has 0 aromatic rings. The third-order valence-electron chi connectivity index (χ3n) is 5.02. The van der Waals surface area contributed by atoms with Crippen molar-refractivity contribution in [2.24, 2.45) is 0 Å². The van der Waals surface area contributed by atoms with Crippen molar-refractivity contribution in [3.63, 3.8) is 0 Å². The Hall–Kier alpha value is -0.120. The predicted molar refractivity (Wildman–Crippen MR) is 69.2 cm³/mol. The van der Waals surface area contributed by atoms with E-state index >= 15 is 0 Å². The molecule has 3 aliphatic heterocycles. The number of hydrogen-bond donors (Lipinski definition) is 0. The van der Waals surface area contributed by atoms with E-state index in [-0.39, 0.29) is 0 Å². The van der Waals surface area contributed by atoms with E-state index in [1.165, 1.54) is 58.3 Å². The molecule has 0 radical (unpaired) electrons. The molecule has 2 unspecified atom stereocenters. The molecule has 3 aliphatic rings. The quantitative estimate of drug-likeness (QED) is 0.692.